The van der Waals surface area contributed by atoms with E-state index in [4.69, 9.17) is 5.26 Å². The van der Waals surface area contributed by atoms with Gasteiger partial charge in [0, 0.05) is 6.42 Å². The van der Waals surface area contributed by atoms with Gasteiger partial charge >= 0.3 is 0 Å². The lowest BCUT2D eigenvalue weighted by Crippen LogP contribution is -2.03. The number of hydrogen-bond donors (Lipinski definition) is 0. The Morgan fingerprint density at radius 1 is 1.20 bits per heavy atom. The Bertz CT molecular complexity index is 114. The zero-order valence-electron chi connectivity index (χ0n) is 7.28. The highest BCUT2D eigenvalue weighted by molar-refractivity contribution is 4.69. The summed E-state index contributed by atoms with van der Waals surface area (Å²) in [7, 11) is 0. The standard InChI is InChI=1S/C9H17N/c1-9(2,3)7-5-4-6-8-10/h4-7H2,1-3H3. The molecule has 1 nitrogen and oxygen atoms in total. The van der Waals surface area contributed by atoms with Crippen LogP contribution in [0.5, 0.6) is 0 Å². The van der Waals surface area contributed by atoms with Gasteiger partial charge in [-0.15, -0.1) is 0 Å². The molecule has 0 aliphatic carbocycles. The summed E-state index contributed by atoms with van der Waals surface area (Å²) in [6.45, 7) is 6.71. The van der Waals surface area contributed by atoms with Crippen LogP contribution in [0.3, 0.4) is 0 Å². The van der Waals surface area contributed by atoms with Crippen LogP contribution in [-0.2, 0) is 0 Å². The highest BCUT2D eigenvalue weighted by atomic mass is 14.2. The minimum atomic E-state index is 0.440. The Morgan fingerprint density at radius 3 is 2.20 bits per heavy atom. The van der Waals surface area contributed by atoms with Crippen LogP contribution < -0.4 is 0 Å². The fourth-order valence-corrected chi connectivity index (χ4v) is 0.859. The summed E-state index contributed by atoms with van der Waals surface area (Å²) in [6, 6.07) is 2.15. The molecule has 0 aromatic rings. The highest BCUT2D eigenvalue weighted by Gasteiger charge is 2.08. The van der Waals surface area contributed by atoms with Crippen LogP contribution in [0.4, 0.5) is 0 Å². The molecule has 0 aliphatic rings. The molecular formula is C9H17N. The van der Waals surface area contributed by atoms with E-state index in [1.807, 2.05) is 0 Å². The largest absolute Gasteiger partial charge is 0.198 e. The Morgan fingerprint density at radius 2 is 1.80 bits per heavy atom. The van der Waals surface area contributed by atoms with Gasteiger partial charge in [-0.2, -0.15) is 5.26 Å². The first kappa shape index (κ1) is 9.49. The number of nitriles is 1. The summed E-state index contributed by atoms with van der Waals surface area (Å²) in [5.41, 5.74) is 0.440. The molecule has 1 heteroatoms. The lowest BCUT2D eigenvalue weighted by Gasteiger charge is -2.16. The quantitative estimate of drug-likeness (QED) is 0.551. The molecule has 58 valence electrons. The second kappa shape index (κ2) is 4.33. The minimum Gasteiger partial charge on any atom is -0.198 e. The minimum absolute atomic E-state index is 0.440. The average molecular weight is 139 g/mol. The lowest BCUT2D eigenvalue weighted by molar-refractivity contribution is 0.361. The van der Waals surface area contributed by atoms with Gasteiger partial charge in [-0.05, 0) is 18.3 Å². The van der Waals surface area contributed by atoms with Gasteiger partial charge in [0.15, 0.2) is 0 Å². The average Bonchev–Trinajstić information content (AvgIpc) is 1.78. The Hall–Kier alpha value is -0.510. The molecule has 0 heterocycles. The molecular weight excluding hydrogens is 122 g/mol. The topological polar surface area (TPSA) is 23.8 Å². The van der Waals surface area contributed by atoms with E-state index in [0.717, 1.165) is 12.8 Å². The second-order valence-corrected chi connectivity index (χ2v) is 3.93. The SMILES string of the molecule is CC(C)(C)CCCCC#N. The van der Waals surface area contributed by atoms with Gasteiger partial charge in [-0.3, -0.25) is 0 Å². The second-order valence-electron chi connectivity index (χ2n) is 3.93. The van der Waals surface area contributed by atoms with Crippen LogP contribution >= 0.6 is 0 Å². The van der Waals surface area contributed by atoms with E-state index in [1.54, 1.807) is 0 Å². The smallest absolute Gasteiger partial charge is 0.0621 e. The van der Waals surface area contributed by atoms with Gasteiger partial charge in [0.1, 0.15) is 0 Å². The predicted octanol–water partition coefficient (Wildman–Crippen LogP) is 3.12. The summed E-state index contributed by atoms with van der Waals surface area (Å²) < 4.78 is 0. The van der Waals surface area contributed by atoms with E-state index in [-0.39, 0.29) is 0 Å². The van der Waals surface area contributed by atoms with Crippen LogP contribution in [0.15, 0.2) is 0 Å². The van der Waals surface area contributed by atoms with Gasteiger partial charge in [-0.1, -0.05) is 27.2 Å². The van der Waals surface area contributed by atoms with E-state index in [9.17, 15) is 0 Å². The van der Waals surface area contributed by atoms with E-state index in [1.165, 1.54) is 12.8 Å². The number of unbranched alkanes of at least 4 members (excludes halogenated alkanes) is 2. The first-order valence-electron chi connectivity index (χ1n) is 3.93. The van der Waals surface area contributed by atoms with E-state index < -0.39 is 0 Å². The van der Waals surface area contributed by atoms with Crippen molar-refractivity contribution in [2.75, 3.05) is 0 Å². The van der Waals surface area contributed by atoms with Crippen molar-refractivity contribution in [3.05, 3.63) is 0 Å². The van der Waals surface area contributed by atoms with Crippen LogP contribution in [-0.4, -0.2) is 0 Å². The molecule has 0 saturated carbocycles. The molecule has 0 aliphatic heterocycles. The molecule has 0 radical (unpaired) electrons. The number of hydrogen-bond acceptors (Lipinski definition) is 1. The van der Waals surface area contributed by atoms with Crippen LogP contribution in [0.25, 0.3) is 0 Å². The molecule has 0 aromatic heterocycles. The maximum Gasteiger partial charge on any atom is 0.0621 e. The molecule has 0 amide bonds. The summed E-state index contributed by atoms with van der Waals surface area (Å²) in [4.78, 5) is 0. The third-order valence-electron chi connectivity index (χ3n) is 1.47. The maximum atomic E-state index is 8.25. The van der Waals surface area contributed by atoms with Crippen LogP contribution in [0.1, 0.15) is 46.5 Å². The molecule has 10 heavy (non-hydrogen) atoms. The summed E-state index contributed by atoms with van der Waals surface area (Å²) in [6.07, 6.45) is 4.20. The van der Waals surface area contributed by atoms with Crippen molar-refractivity contribution in [2.45, 2.75) is 46.5 Å². The van der Waals surface area contributed by atoms with Gasteiger partial charge in [0.05, 0.1) is 6.07 Å². The monoisotopic (exact) mass is 139 g/mol. The van der Waals surface area contributed by atoms with Gasteiger partial charge in [0.25, 0.3) is 0 Å². The van der Waals surface area contributed by atoms with E-state index in [2.05, 4.69) is 26.8 Å². The van der Waals surface area contributed by atoms with Gasteiger partial charge in [-0.25, -0.2) is 0 Å². The predicted molar refractivity (Wildman–Crippen MR) is 43.5 cm³/mol. The molecule has 0 atom stereocenters. The van der Waals surface area contributed by atoms with Crippen LogP contribution in [0.2, 0.25) is 0 Å². The van der Waals surface area contributed by atoms with Crippen molar-refractivity contribution < 1.29 is 0 Å². The summed E-state index contributed by atoms with van der Waals surface area (Å²) >= 11 is 0. The number of nitrogens with zero attached hydrogens (tertiary/aromatic N) is 1. The van der Waals surface area contributed by atoms with Gasteiger partial charge in [0.2, 0.25) is 0 Å². The molecule has 0 saturated heterocycles. The van der Waals surface area contributed by atoms with Crippen molar-refractivity contribution in [2.24, 2.45) is 5.41 Å². The zero-order chi connectivity index (χ0) is 8.04. The van der Waals surface area contributed by atoms with Crippen molar-refractivity contribution >= 4 is 0 Å². The fraction of sp³-hybridized carbons (Fsp3) is 0.889. The Kier molecular flexibility index (Phi) is 4.11. The number of rotatable bonds is 3. The molecule has 0 spiro atoms. The molecule has 0 unspecified atom stereocenters. The van der Waals surface area contributed by atoms with Crippen molar-refractivity contribution in [3.8, 4) is 6.07 Å². The Labute approximate surface area is 64.1 Å². The molecule has 0 aromatic carbocycles. The van der Waals surface area contributed by atoms with E-state index >= 15 is 0 Å². The lowest BCUT2D eigenvalue weighted by atomic mass is 9.90. The molecule has 0 N–H and O–H groups in total. The van der Waals surface area contributed by atoms with Gasteiger partial charge < -0.3 is 0 Å². The molecule has 0 bridgehead atoms. The van der Waals surface area contributed by atoms with E-state index in [0.29, 0.717) is 5.41 Å². The van der Waals surface area contributed by atoms with Crippen molar-refractivity contribution in [3.63, 3.8) is 0 Å². The fourth-order valence-electron chi connectivity index (χ4n) is 0.859. The normalized spacial score (nSPS) is 11.0. The highest BCUT2D eigenvalue weighted by Crippen LogP contribution is 2.21. The molecule has 0 fully saturated rings. The summed E-state index contributed by atoms with van der Waals surface area (Å²) in [5, 5.41) is 8.25. The Balaban J connectivity index is 3.14. The van der Waals surface area contributed by atoms with Crippen LogP contribution in [0, 0.1) is 16.7 Å². The maximum absolute atomic E-state index is 8.25. The van der Waals surface area contributed by atoms with Crippen molar-refractivity contribution in [1.82, 2.24) is 0 Å². The first-order valence-corrected chi connectivity index (χ1v) is 3.93. The van der Waals surface area contributed by atoms with Crippen molar-refractivity contribution in [1.29, 1.82) is 5.26 Å². The molecule has 0 rings (SSSR count). The third-order valence-corrected chi connectivity index (χ3v) is 1.47. The summed E-state index contributed by atoms with van der Waals surface area (Å²) in [5.74, 6) is 0. The third kappa shape index (κ3) is 7.49. The first-order chi connectivity index (χ1) is 4.56. The zero-order valence-corrected chi connectivity index (χ0v) is 7.28.